The van der Waals surface area contributed by atoms with Gasteiger partial charge in [-0.15, -0.1) is 0 Å². The van der Waals surface area contributed by atoms with Gasteiger partial charge >= 0.3 is 0 Å². The Bertz CT molecular complexity index is 675. The third kappa shape index (κ3) is 4.17. The van der Waals surface area contributed by atoms with Gasteiger partial charge in [-0.1, -0.05) is 0 Å². The molecule has 25 heavy (non-hydrogen) atoms. The molecule has 2 heterocycles. The molecule has 2 aliphatic rings. The lowest BCUT2D eigenvalue weighted by Crippen LogP contribution is -2.47. The maximum Gasteiger partial charge on any atom is 0.276 e. The quantitative estimate of drug-likeness (QED) is 0.618. The van der Waals surface area contributed by atoms with Crippen LogP contribution in [0.5, 0.6) is 0 Å². The fourth-order valence-corrected chi connectivity index (χ4v) is 3.26. The minimum atomic E-state index is -0.395. The van der Waals surface area contributed by atoms with Crippen molar-refractivity contribution in [3.05, 3.63) is 45.6 Å². The standard InChI is InChI=1S/C18H24N4O3/c1-19-10-12-21(13-11-19)18(23)16-4-5-17(22(24)25)15(14-16)6-9-20-7-2-3-8-20/h4-6,9,14H,2-3,7-8,10-13H2,1H3/b9-6+. The van der Waals surface area contributed by atoms with E-state index in [2.05, 4.69) is 9.80 Å². The van der Waals surface area contributed by atoms with Gasteiger partial charge in [0, 0.05) is 50.9 Å². The van der Waals surface area contributed by atoms with Crippen LogP contribution in [-0.2, 0) is 0 Å². The fraction of sp³-hybridized carbons (Fsp3) is 0.500. The van der Waals surface area contributed by atoms with Crippen LogP contribution >= 0.6 is 0 Å². The van der Waals surface area contributed by atoms with Crippen LogP contribution in [0.25, 0.3) is 6.08 Å². The van der Waals surface area contributed by atoms with E-state index < -0.39 is 4.92 Å². The summed E-state index contributed by atoms with van der Waals surface area (Å²) in [5.41, 5.74) is 1.03. The predicted octanol–water partition coefficient (Wildman–Crippen LogP) is 2.05. The Labute approximate surface area is 147 Å². The molecule has 0 saturated carbocycles. The van der Waals surface area contributed by atoms with Crippen LogP contribution in [0.15, 0.2) is 24.4 Å². The summed E-state index contributed by atoms with van der Waals surface area (Å²) in [6, 6.07) is 4.64. The number of benzene rings is 1. The van der Waals surface area contributed by atoms with Crippen LogP contribution in [0.3, 0.4) is 0 Å². The van der Waals surface area contributed by atoms with Crippen LogP contribution in [0.1, 0.15) is 28.8 Å². The minimum Gasteiger partial charge on any atom is -0.377 e. The van der Waals surface area contributed by atoms with Crippen LogP contribution in [0.4, 0.5) is 5.69 Å². The monoisotopic (exact) mass is 344 g/mol. The lowest BCUT2D eigenvalue weighted by Gasteiger charge is -2.32. The molecular formula is C18H24N4O3. The molecule has 0 atom stereocenters. The second-order valence-corrected chi connectivity index (χ2v) is 6.68. The number of amides is 1. The van der Waals surface area contributed by atoms with Crippen molar-refractivity contribution in [2.24, 2.45) is 0 Å². The zero-order valence-electron chi connectivity index (χ0n) is 14.6. The fourth-order valence-electron chi connectivity index (χ4n) is 3.26. The molecule has 7 heteroatoms. The number of likely N-dealkylation sites (tertiary alicyclic amines) is 1. The summed E-state index contributed by atoms with van der Waals surface area (Å²) in [6.45, 7) is 5.02. The Balaban J connectivity index is 1.81. The third-order valence-electron chi connectivity index (χ3n) is 4.87. The van der Waals surface area contributed by atoms with E-state index in [1.54, 1.807) is 18.2 Å². The molecule has 2 fully saturated rings. The first kappa shape index (κ1) is 17.4. The number of likely N-dealkylation sites (N-methyl/N-ethyl adjacent to an activating group) is 1. The van der Waals surface area contributed by atoms with Gasteiger partial charge < -0.3 is 14.7 Å². The molecule has 0 radical (unpaired) electrons. The molecule has 7 nitrogen and oxygen atoms in total. The van der Waals surface area contributed by atoms with Gasteiger partial charge in [0.15, 0.2) is 0 Å². The summed E-state index contributed by atoms with van der Waals surface area (Å²) < 4.78 is 0. The van der Waals surface area contributed by atoms with Crippen molar-refractivity contribution in [1.82, 2.24) is 14.7 Å². The lowest BCUT2D eigenvalue weighted by molar-refractivity contribution is -0.385. The van der Waals surface area contributed by atoms with Crippen molar-refractivity contribution < 1.29 is 9.72 Å². The van der Waals surface area contributed by atoms with E-state index in [1.807, 2.05) is 18.1 Å². The van der Waals surface area contributed by atoms with Gasteiger partial charge in [-0.25, -0.2) is 0 Å². The highest BCUT2D eigenvalue weighted by atomic mass is 16.6. The van der Waals surface area contributed by atoms with Gasteiger partial charge in [-0.2, -0.15) is 0 Å². The lowest BCUT2D eigenvalue weighted by atomic mass is 10.1. The van der Waals surface area contributed by atoms with Crippen LogP contribution in [0, 0.1) is 10.1 Å². The summed E-state index contributed by atoms with van der Waals surface area (Å²) in [4.78, 5) is 29.8. The van der Waals surface area contributed by atoms with Gasteiger partial charge in [0.05, 0.1) is 10.5 Å². The Morgan fingerprint density at radius 1 is 1.12 bits per heavy atom. The molecule has 0 unspecified atom stereocenters. The van der Waals surface area contributed by atoms with E-state index in [-0.39, 0.29) is 11.6 Å². The Morgan fingerprint density at radius 3 is 2.44 bits per heavy atom. The number of hydrogen-bond acceptors (Lipinski definition) is 5. The smallest absolute Gasteiger partial charge is 0.276 e. The van der Waals surface area contributed by atoms with E-state index in [0.717, 1.165) is 39.0 Å². The molecule has 1 amide bonds. The SMILES string of the molecule is CN1CCN(C(=O)c2ccc([N+](=O)[O-])c(/C=C/N3CCCC3)c2)CC1. The average Bonchev–Trinajstić information content (AvgIpc) is 3.13. The number of hydrogen-bond donors (Lipinski definition) is 0. The van der Waals surface area contributed by atoms with Crippen molar-refractivity contribution in [2.45, 2.75) is 12.8 Å². The topological polar surface area (TPSA) is 69.9 Å². The molecule has 2 saturated heterocycles. The van der Waals surface area contributed by atoms with Gasteiger partial charge in [0.1, 0.15) is 0 Å². The highest BCUT2D eigenvalue weighted by Crippen LogP contribution is 2.23. The first-order valence-corrected chi connectivity index (χ1v) is 8.73. The molecular weight excluding hydrogens is 320 g/mol. The second-order valence-electron chi connectivity index (χ2n) is 6.68. The number of nitrogens with zero attached hydrogens (tertiary/aromatic N) is 4. The molecule has 0 aromatic heterocycles. The molecule has 0 bridgehead atoms. The number of carbonyl (C=O) groups excluding carboxylic acids is 1. The predicted molar refractivity (Wildman–Crippen MR) is 96.3 cm³/mol. The minimum absolute atomic E-state index is 0.0328. The number of rotatable bonds is 4. The molecule has 0 aliphatic carbocycles. The van der Waals surface area contributed by atoms with E-state index in [0.29, 0.717) is 24.2 Å². The summed E-state index contributed by atoms with van der Waals surface area (Å²) in [6.07, 6.45) is 5.95. The second kappa shape index (κ2) is 7.65. The van der Waals surface area contributed by atoms with Crippen molar-refractivity contribution in [1.29, 1.82) is 0 Å². The number of piperazine rings is 1. The maximum absolute atomic E-state index is 12.7. The summed E-state index contributed by atoms with van der Waals surface area (Å²) in [7, 11) is 2.04. The Morgan fingerprint density at radius 2 is 1.80 bits per heavy atom. The van der Waals surface area contributed by atoms with E-state index in [4.69, 9.17) is 0 Å². The highest BCUT2D eigenvalue weighted by molar-refractivity contribution is 5.95. The molecule has 1 aromatic rings. The van der Waals surface area contributed by atoms with Crippen molar-refractivity contribution >= 4 is 17.7 Å². The summed E-state index contributed by atoms with van der Waals surface area (Å²) >= 11 is 0. The Kier molecular flexibility index (Phi) is 5.33. The van der Waals surface area contributed by atoms with Crippen LogP contribution in [-0.4, -0.2) is 71.8 Å². The zero-order chi connectivity index (χ0) is 17.8. The molecule has 2 aliphatic heterocycles. The van der Waals surface area contributed by atoms with Gasteiger partial charge in [-0.3, -0.25) is 14.9 Å². The van der Waals surface area contributed by atoms with E-state index in [9.17, 15) is 14.9 Å². The summed E-state index contributed by atoms with van der Waals surface area (Å²) in [5.74, 6) is -0.0566. The van der Waals surface area contributed by atoms with Crippen molar-refractivity contribution in [3.63, 3.8) is 0 Å². The highest BCUT2D eigenvalue weighted by Gasteiger charge is 2.22. The molecule has 3 rings (SSSR count). The Hall–Kier alpha value is -2.41. The van der Waals surface area contributed by atoms with Gasteiger partial charge in [0.2, 0.25) is 0 Å². The maximum atomic E-state index is 12.7. The zero-order valence-corrected chi connectivity index (χ0v) is 14.6. The molecule has 0 N–H and O–H groups in total. The van der Waals surface area contributed by atoms with Crippen molar-refractivity contribution in [2.75, 3.05) is 46.3 Å². The third-order valence-corrected chi connectivity index (χ3v) is 4.87. The first-order chi connectivity index (χ1) is 12.0. The van der Waals surface area contributed by atoms with Crippen LogP contribution < -0.4 is 0 Å². The summed E-state index contributed by atoms with van der Waals surface area (Å²) in [5, 5.41) is 11.3. The number of nitro groups is 1. The molecule has 1 aromatic carbocycles. The number of nitro benzene ring substituents is 1. The first-order valence-electron chi connectivity index (χ1n) is 8.73. The van der Waals surface area contributed by atoms with E-state index >= 15 is 0 Å². The molecule has 134 valence electrons. The van der Waals surface area contributed by atoms with Gasteiger partial charge in [-0.05, 0) is 44.3 Å². The van der Waals surface area contributed by atoms with Gasteiger partial charge in [0.25, 0.3) is 11.6 Å². The molecule has 0 spiro atoms. The largest absolute Gasteiger partial charge is 0.377 e. The number of carbonyl (C=O) groups is 1. The van der Waals surface area contributed by atoms with E-state index in [1.165, 1.54) is 6.07 Å². The normalized spacial score (nSPS) is 18.9. The van der Waals surface area contributed by atoms with Crippen molar-refractivity contribution in [3.8, 4) is 0 Å². The van der Waals surface area contributed by atoms with Crippen LogP contribution in [0.2, 0.25) is 0 Å². The average molecular weight is 344 g/mol.